The van der Waals surface area contributed by atoms with E-state index < -0.39 is 22.0 Å². The number of hydrogen-bond acceptors (Lipinski definition) is 4. The summed E-state index contributed by atoms with van der Waals surface area (Å²) in [5.74, 6) is -0.208. The Kier molecular flexibility index (Phi) is 5.48. The molecule has 1 heterocycles. The van der Waals surface area contributed by atoms with E-state index in [9.17, 15) is 13.2 Å². The summed E-state index contributed by atoms with van der Waals surface area (Å²) < 4.78 is 33.9. The number of amides is 1. The number of carbonyl (C=O) groups is 1. The molecule has 1 atom stereocenters. The van der Waals surface area contributed by atoms with Crippen LogP contribution in [0.5, 0.6) is 5.75 Å². The van der Waals surface area contributed by atoms with Gasteiger partial charge in [-0.1, -0.05) is 72.8 Å². The third kappa shape index (κ3) is 4.40. The Balaban J connectivity index is 1.41. The number of ether oxygens (including phenoxy) is 1. The first kappa shape index (κ1) is 21.0. The second-order valence-corrected chi connectivity index (χ2v) is 9.79. The van der Waals surface area contributed by atoms with Gasteiger partial charge in [-0.15, -0.1) is 0 Å². The molecule has 1 aliphatic heterocycles. The Morgan fingerprint density at radius 2 is 1.58 bits per heavy atom. The van der Waals surface area contributed by atoms with E-state index in [0.29, 0.717) is 22.7 Å². The van der Waals surface area contributed by atoms with Gasteiger partial charge >= 0.3 is 0 Å². The zero-order valence-electron chi connectivity index (χ0n) is 17.7. The zero-order valence-corrected chi connectivity index (χ0v) is 18.5. The van der Waals surface area contributed by atoms with Crippen LogP contribution in [0.2, 0.25) is 0 Å². The summed E-state index contributed by atoms with van der Waals surface area (Å²) in [6, 6.07) is 29.4. The van der Waals surface area contributed by atoms with Crippen LogP contribution in [-0.4, -0.2) is 27.0 Å². The van der Waals surface area contributed by atoms with Crippen molar-refractivity contribution in [1.82, 2.24) is 0 Å². The van der Waals surface area contributed by atoms with Crippen LogP contribution in [0.1, 0.15) is 5.56 Å². The monoisotopic (exact) mass is 458 g/mol. The molecule has 0 saturated heterocycles. The Morgan fingerprint density at radius 3 is 2.39 bits per heavy atom. The quantitative estimate of drug-likeness (QED) is 0.475. The summed E-state index contributed by atoms with van der Waals surface area (Å²) >= 11 is 0. The van der Waals surface area contributed by atoms with Crippen LogP contribution in [0.4, 0.5) is 11.4 Å². The molecule has 0 radical (unpaired) electrons. The van der Waals surface area contributed by atoms with Crippen molar-refractivity contribution in [2.45, 2.75) is 11.9 Å². The average molecular weight is 459 g/mol. The van der Waals surface area contributed by atoms with Crippen molar-refractivity contribution in [1.29, 1.82) is 0 Å². The number of sulfonamides is 1. The average Bonchev–Trinajstić information content (AvgIpc) is 2.83. The minimum atomic E-state index is -3.74. The number of hydrogen-bond donors (Lipinski definition) is 1. The van der Waals surface area contributed by atoms with Gasteiger partial charge < -0.3 is 10.1 Å². The van der Waals surface area contributed by atoms with Crippen molar-refractivity contribution in [2.75, 3.05) is 16.2 Å². The van der Waals surface area contributed by atoms with Crippen molar-refractivity contribution in [2.24, 2.45) is 0 Å². The maximum Gasteiger partial charge on any atom is 0.267 e. The molecule has 5 rings (SSSR count). The lowest BCUT2D eigenvalue weighted by molar-refractivity contribution is -0.122. The van der Waals surface area contributed by atoms with E-state index >= 15 is 0 Å². The van der Waals surface area contributed by atoms with E-state index in [1.807, 2.05) is 48.5 Å². The maximum absolute atomic E-state index is 13.3. The van der Waals surface area contributed by atoms with Gasteiger partial charge in [0.2, 0.25) is 10.0 Å². The SMILES string of the molecule is O=C(Nc1ccc2ccccc2c1)C1CN(S(=O)(=O)Cc2ccccc2)c2ccccc2O1. The first-order valence-electron chi connectivity index (χ1n) is 10.6. The molecule has 4 aromatic rings. The number of carbonyl (C=O) groups excluding carboxylic acids is 1. The molecule has 7 heteroatoms. The number of nitrogens with one attached hydrogen (secondary N) is 1. The minimum absolute atomic E-state index is 0.106. The first-order valence-corrected chi connectivity index (χ1v) is 12.2. The first-order chi connectivity index (χ1) is 16.0. The summed E-state index contributed by atoms with van der Waals surface area (Å²) in [6.07, 6.45) is -0.989. The lowest BCUT2D eigenvalue weighted by atomic mass is 10.1. The molecule has 0 aliphatic carbocycles. The van der Waals surface area contributed by atoms with Gasteiger partial charge in [-0.25, -0.2) is 8.42 Å². The number of nitrogens with zero attached hydrogens (tertiary/aromatic N) is 1. The molecule has 0 bridgehead atoms. The predicted octanol–water partition coefficient (Wildman–Crippen LogP) is 4.58. The normalized spacial score (nSPS) is 15.5. The summed E-state index contributed by atoms with van der Waals surface area (Å²) in [5, 5.41) is 4.93. The van der Waals surface area contributed by atoms with Gasteiger partial charge in [-0.2, -0.15) is 0 Å². The fourth-order valence-electron chi connectivity index (χ4n) is 3.95. The maximum atomic E-state index is 13.3. The number of para-hydroxylation sites is 2. The highest BCUT2D eigenvalue weighted by molar-refractivity contribution is 7.92. The van der Waals surface area contributed by atoms with Crippen LogP contribution in [0.25, 0.3) is 10.8 Å². The zero-order chi connectivity index (χ0) is 22.8. The molecular weight excluding hydrogens is 436 g/mol. The molecule has 6 nitrogen and oxygen atoms in total. The largest absolute Gasteiger partial charge is 0.476 e. The Hall–Kier alpha value is -3.84. The fraction of sp³-hybridized carbons (Fsp3) is 0.115. The molecule has 1 amide bonds. The van der Waals surface area contributed by atoms with Crippen molar-refractivity contribution in [3.63, 3.8) is 0 Å². The number of anilines is 2. The lowest BCUT2D eigenvalue weighted by Gasteiger charge is -2.34. The molecule has 1 N–H and O–H groups in total. The molecule has 33 heavy (non-hydrogen) atoms. The van der Waals surface area contributed by atoms with E-state index in [2.05, 4.69) is 5.32 Å². The Bertz CT molecular complexity index is 1420. The molecule has 0 aromatic heterocycles. The summed E-state index contributed by atoms with van der Waals surface area (Å²) in [4.78, 5) is 13.1. The number of benzene rings is 4. The van der Waals surface area contributed by atoms with E-state index in [1.165, 1.54) is 4.31 Å². The second-order valence-electron chi connectivity index (χ2n) is 7.90. The number of rotatable bonds is 5. The van der Waals surface area contributed by atoms with Crippen LogP contribution >= 0.6 is 0 Å². The van der Waals surface area contributed by atoms with Gasteiger partial charge in [0.05, 0.1) is 18.0 Å². The molecule has 0 fully saturated rings. The molecular formula is C26H22N2O4S. The molecule has 0 saturated carbocycles. The van der Waals surface area contributed by atoms with Crippen LogP contribution in [0.3, 0.4) is 0 Å². The fourth-order valence-corrected chi connectivity index (χ4v) is 5.54. The van der Waals surface area contributed by atoms with E-state index in [-0.39, 0.29) is 12.3 Å². The lowest BCUT2D eigenvalue weighted by Crippen LogP contribution is -2.49. The van der Waals surface area contributed by atoms with Gasteiger partial charge in [0.15, 0.2) is 6.10 Å². The van der Waals surface area contributed by atoms with E-state index in [4.69, 9.17) is 4.74 Å². The van der Waals surface area contributed by atoms with Gasteiger partial charge in [0, 0.05) is 5.69 Å². The van der Waals surface area contributed by atoms with Crippen molar-refractivity contribution in [3.8, 4) is 5.75 Å². The molecule has 1 aliphatic rings. The standard InChI is InChI=1S/C26H22N2O4S/c29-26(27-22-15-14-20-10-4-5-11-21(20)16-22)25-17-28(23-12-6-7-13-24(23)32-25)33(30,31)18-19-8-2-1-3-9-19/h1-16,25H,17-18H2,(H,27,29). The molecule has 0 spiro atoms. The van der Waals surface area contributed by atoms with Crippen molar-refractivity contribution >= 4 is 38.1 Å². The predicted molar refractivity (Wildman–Crippen MR) is 130 cm³/mol. The third-order valence-corrected chi connectivity index (χ3v) is 7.29. The molecule has 1 unspecified atom stereocenters. The third-order valence-electron chi connectivity index (χ3n) is 5.57. The topological polar surface area (TPSA) is 75.7 Å². The molecule has 4 aromatic carbocycles. The van der Waals surface area contributed by atoms with Gasteiger partial charge in [-0.05, 0) is 40.6 Å². The highest BCUT2D eigenvalue weighted by Crippen LogP contribution is 2.36. The van der Waals surface area contributed by atoms with Crippen LogP contribution < -0.4 is 14.4 Å². The second kappa shape index (κ2) is 8.60. The van der Waals surface area contributed by atoms with Crippen LogP contribution in [0, 0.1) is 0 Å². The highest BCUT2D eigenvalue weighted by Gasteiger charge is 2.36. The van der Waals surface area contributed by atoms with E-state index in [1.54, 1.807) is 48.5 Å². The Labute approximate surface area is 192 Å². The van der Waals surface area contributed by atoms with Crippen LogP contribution in [-0.2, 0) is 20.6 Å². The smallest absolute Gasteiger partial charge is 0.267 e. The van der Waals surface area contributed by atoms with Gasteiger partial charge in [0.1, 0.15) is 5.75 Å². The van der Waals surface area contributed by atoms with Crippen molar-refractivity contribution < 1.29 is 17.9 Å². The Morgan fingerprint density at radius 1 is 0.879 bits per heavy atom. The van der Waals surface area contributed by atoms with Gasteiger partial charge in [0.25, 0.3) is 5.91 Å². The highest BCUT2D eigenvalue weighted by atomic mass is 32.2. The summed E-state index contributed by atoms with van der Waals surface area (Å²) in [5.41, 5.74) is 1.74. The van der Waals surface area contributed by atoms with Crippen molar-refractivity contribution in [3.05, 3.63) is 103 Å². The summed E-state index contributed by atoms with van der Waals surface area (Å²) in [6.45, 7) is -0.106. The van der Waals surface area contributed by atoms with Crippen LogP contribution in [0.15, 0.2) is 97.1 Å². The molecule has 166 valence electrons. The van der Waals surface area contributed by atoms with E-state index in [0.717, 1.165) is 10.8 Å². The van der Waals surface area contributed by atoms with Gasteiger partial charge in [-0.3, -0.25) is 9.10 Å². The minimum Gasteiger partial charge on any atom is -0.476 e. The summed E-state index contributed by atoms with van der Waals surface area (Å²) in [7, 11) is -3.74. The number of fused-ring (bicyclic) bond motifs is 2.